The summed E-state index contributed by atoms with van der Waals surface area (Å²) in [4.78, 5) is 0. The van der Waals surface area contributed by atoms with Crippen LogP contribution >= 0.6 is 12.2 Å². The predicted octanol–water partition coefficient (Wildman–Crippen LogP) is 4.88. The predicted molar refractivity (Wildman–Crippen MR) is 125 cm³/mol. The second kappa shape index (κ2) is 9.27. The number of nitrogens with zero attached hydrogens (tertiary/aromatic N) is 4. The van der Waals surface area contributed by atoms with Crippen molar-refractivity contribution in [3.8, 4) is 0 Å². The molecule has 0 saturated carbocycles. The van der Waals surface area contributed by atoms with E-state index in [1.807, 2.05) is 20.0 Å². The average Bonchev–Trinajstić information content (AvgIpc) is 3.30. The number of hydrogen-bond donors (Lipinski definition) is 2. The number of anilines is 2. The molecule has 2 N–H and O–H groups in total. The molecule has 0 aliphatic heterocycles. The highest BCUT2D eigenvalue weighted by Crippen LogP contribution is 2.21. The van der Waals surface area contributed by atoms with Gasteiger partial charge in [0.15, 0.2) is 5.11 Å². The maximum Gasteiger partial charge on any atom is 0.175 e. The van der Waals surface area contributed by atoms with Gasteiger partial charge in [-0.15, -0.1) is 0 Å². The molecule has 0 unspecified atom stereocenters. The molecule has 2 aromatic heterocycles. The van der Waals surface area contributed by atoms with Crippen LogP contribution in [0.1, 0.15) is 22.5 Å². The molecule has 32 heavy (non-hydrogen) atoms. The summed E-state index contributed by atoms with van der Waals surface area (Å²) in [5.41, 5.74) is 4.61. The van der Waals surface area contributed by atoms with Gasteiger partial charge >= 0.3 is 0 Å². The van der Waals surface area contributed by atoms with Gasteiger partial charge in [0.1, 0.15) is 11.6 Å². The molecule has 4 rings (SSSR count). The van der Waals surface area contributed by atoms with Gasteiger partial charge in [-0.1, -0.05) is 30.3 Å². The molecule has 0 spiro atoms. The van der Waals surface area contributed by atoms with Crippen molar-refractivity contribution in [1.29, 1.82) is 0 Å². The first-order chi connectivity index (χ1) is 15.4. The summed E-state index contributed by atoms with van der Waals surface area (Å²) in [6, 6.07) is 12.9. The van der Waals surface area contributed by atoms with E-state index in [2.05, 4.69) is 20.8 Å². The lowest BCUT2D eigenvalue weighted by atomic mass is 10.2. The normalized spacial score (nSPS) is 10.9. The number of hydrogen-bond acceptors (Lipinski definition) is 3. The van der Waals surface area contributed by atoms with E-state index in [1.54, 1.807) is 45.9 Å². The summed E-state index contributed by atoms with van der Waals surface area (Å²) in [6.07, 6.45) is 3.48. The van der Waals surface area contributed by atoms with Crippen LogP contribution in [0.3, 0.4) is 0 Å². The van der Waals surface area contributed by atoms with Crippen LogP contribution in [0.5, 0.6) is 0 Å². The number of aromatic nitrogens is 4. The Balaban J connectivity index is 1.40. The highest BCUT2D eigenvalue weighted by Gasteiger charge is 2.14. The summed E-state index contributed by atoms with van der Waals surface area (Å²) >= 11 is 5.45. The summed E-state index contributed by atoms with van der Waals surface area (Å²) in [5.74, 6) is -0.528. The minimum atomic E-state index is -0.268. The summed E-state index contributed by atoms with van der Waals surface area (Å²) in [5, 5.41) is 15.5. The zero-order chi connectivity index (χ0) is 22.7. The summed E-state index contributed by atoms with van der Waals surface area (Å²) in [6.45, 7) is 4.63. The van der Waals surface area contributed by atoms with Crippen LogP contribution in [-0.2, 0) is 13.1 Å². The molecule has 2 heterocycles. The SMILES string of the molecule is Cc1nn(Cc2ccccc2F)c(C)c1NC(=S)Nc1cnn(Cc2ccc(F)cc2)c1. The van der Waals surface area contributed by atoms with Crippen molar-refractivity contribution >= 4 is 28.7 Å². The number of halogens is 2. The van der Waals surface area contributed by atoms with Crippen molar-refractivity contribution in [1.82, 2.24) is 19.6 Å². The zero-order valence-electron chi connectivity index (χ0n) is 17.6. The Kier molecular flexibility index (Phi) is 6.27. The average molecular weight is 453 g/mol. The maximum atomic E-state index is 14.0. The molecule has 0 aliphatic carbocycles. The Bertz CT molecular complexity index is 1250. The molecular formula is C23H22F2N6S. The largest absolute Gasteiger partial charge is 0.330 e. The molecule has 164 valence electrons. The summed E-state index contributed by atoms with van der Waals surface area (Å²) in [7, 11) is 0. The van der Waals surface area contributed by atoms with Crippen LogP contribution in [0.25, 0.3) is 0 Å². The van der Waals surface area contributed by atoms with Crippen LogP contribution in [0.4, 0.5) is 20.2 Å². The molecular weight excluding hydrogens is 430 g/mol. The van der Waals surface area contributed by atoms with E-state index in [1.165, 1.54) is 18.2 Å². The Morgan fingerprint density at radius 3 is 2.50 bits per heavy atom. The number of nitrogens with one attached hydrogen (secondary N) is 2. The molecule has 2 aromatic carbocycles. The standard InChI is InChI=1S/C23H22F2N6S/c1-15-22(16(2)31(29-15)13-18-5-3-4-6-21(18)25)28-23(32)27-20-11-26-30(14-20)12-17-7-9-19(24)10-8-17/h3-11,14H,12-13H2,1-2H3,(H2,27,28,32). The van der Waals surface area contributed by atoms with Gasteiger partial charge in [-0.3, -0.25) is 9.36 Å². The molecule has 0 saturated heterocycles. The van der Waals surface area contributed by atoms with Crippen LogP contribution < -0.4 is 10.6 Å². The van der Waals surface area contributed by atoms with Gasteiger partial charge < -0.3 is 10.6 Å². The Labute approximate surface area is 189 Å². The van der Waals surface area contributed by atoms with Crippen molar-refractivity contribution in [2.75, 3.05) is 10.6 Å². The Morgan fingerprint density at radius 1 is 1.00 bits per heavy atom. The number of benzene rings is 2. The first kappa shape index (κ1) is 21.6. The number of thiocarbonyl (C=S) groups is 1. The van der Waals surface area contributed by atoms with Crippen molar-refractivity contribution < 1.29 is 8.78 Å². The fraction of sp³-hybridized carbons (Fsp3) is 0.174. The van der Waals surface area contributed by atoms with Crippen LogP contribution in [0, 0.1) is 25.5 Å². The van der Waals surface area contributed by atoms with Crippen LogP contribution in [0.15, 0.2) is 60.9 Å². The van der Waals surface area contributed by atoms with Crippen molar-refractivity contribution in [2.45, 2.75) is 26.9 Å². The zero-order valence-corrected chi connectivity index (χ0v) is 18.5. The van der Waals surface area contributed by atoms with Gasteiger partial charge in [-0.05, 0) is 49.8 Å². The second-order valence-corrected chi connectivity index (χ2v) is 7.84. The lowest BCUT2D eigenvalue weighted by Crippen LogP contribution is -2.19. The van der Waals surface area contributed by atoms with E-state index < -0.39 is 0 Å². The minimum Gasteiger partial charge on any atom is -0.330 e. The molecule has 0 bridgehead atoms. The highest BCUT2D eigenvalue weighted by atomic mass is 32.1. The smallest absolute Gasteiger partial charge is 0.175 e. The third kappa shape index (κ3) is 5.00. The van der Waals surface area contributed by atoms with E-state index in [-0.39, 0.29) is 11.6 Å². The first-order valence-electron chi connectivity index (χ1n) is 10.0. The molecule has 0 radical (unpaired) electrons. The van der Waals surface area contributed by atoms with Gasteiger partial charge in [-0.2, -0.15) is 10.2 Å². The van der Waals surface area contributed by atoms with Crippen LogP contribution in [-0.4, -0.2) is 24.7 Å². The quantitative estimate of drug-likeness (QED) is 0.409. The van der Waals surface area contributed by atoms with Crippen molar-refractivity contribution in [3.63, 3.8) is 0 Å². The lowest BCUT2D eigenvalue weighted by molar-refractivity contribution is 0.579. The Hall–Kier alpha value is -3.59. The lowest BCUT2D eigenvalue weighted by Gasteiger charge is -2.10. The number of aryl methyl sites for hydroxylation is 1. The monoisotopic (exact) mass is 452 g/mol. The van der Waals surface area contributed by atoms with Crippen molar-refractivity contribution in [2.24, 2.45) is 0 Å². The van der Waals surface area contributed by atoms with E-state index in [0.717, 1.165) is 28.3 Å². The van der Waals surface area contributed by atoms with Gasteiger partial charge in [-0.25, -0.2) is 8.78 Å². The van der Waals surface area contributed by atoms with Gasteiger partial charge in [0.25, 0.3) is 0 Å². The number of rotatable bonds is 6. The Morgan fingerprint density at radius 2 is 1.75 bits per heavy atom. The fourth-order valence-electron chi connectivity index (χ4n) is 3.39. The third-order valence-corrected chi connectivity index (χ3v) is 5.25. The maximum absolute atomic E-state index is 14.0. The van der Waals surface area contributed by atoms with Crippen LogP contribution in [0.2, 0.25) is 0 Å². The molecule has 0 fully saturated rings. The second-order valence-electron chi connectivity index (χ2n) is 7.43. The minimum absolute atomic E-state index is 0.260. The molecule has 9 heteroatoms. The summed E-state index contributed by atoms with van der Waals surface area (Å²) < 4.78 is 30.6. The first-order valence-corrected chi connectivity index (χ1v) is 10.4. The topological polar surface area (TPSA) is 59.7 Å². The van der Waals surface area contributed by atoms with E-state index in [0.29, 0.717) is 23.8 Å². The van der Waals surface area contributed by atoms with Gasteiger partial charge in [0.2, 0.25) is 0 Å². The van der Waals surface area contributed by atoms with E-state index >= 15 is 0 Å². The third-order valence-electron chi connectivity index (χ3n) is 5.05. The highest BCUT2D eigenvalue weighted by molar-refractivity contribution is 7.80. The van der Waals surface area contributed by atoms with E-state index in [9.17, 15) is 8.78 Å². The van der Waals surface area contributed by atoms with Gasteiger partial charge in [0.05, 0.1) is 42.0 Å². The molecule has 0 amide bonds. The molecule has 0 aliphatic rings. The van der Waals surface area contributed by atoms with Crippen molar-refractivity contribution in [3.05, 3.63) is 95.1 Å². The molecule has 4 aromatic rings. The molecule has 6 nitrogen and oxygen atoms in total. The fourth-order valence-corrected chi connectivity index (χ4v) is 3.61. The van der Waals surface area contributed by atoms with Gasteiger partial charge in [0, 0.05) is 11.8 Å². The van der Waals surface area contributed by atoms with E-state index in [4.69, 9.17) is 12.2 Å². The molecule has 0 atom stereocenters.